The van der Waals surface area contributed by atoms with Gasteiger partial charge in [0.15, 0.2) is 17.3 Å². The smallest absolute Gasteiger partial charge is 0.203 e. The minimum atomic E-state index is -0.181. The van der Waals surface area contributed by atoms with Gasteiger partial charge in [0.1, 0.15) is 0 Å². The lowest BCUT2D eigenvalue weighted by molar-refractivity contribution is 0.104. The highest BCUT2D eigenvalue weighted by Crippen LogP contribution is 2.38. The number of allylic oxidation sites excluding steroid dienone is 1. The van der Waals surface area contributed by atoms with E-state index in [1.807, 2.05) is 6.20 Å². The molecule has 0 amide bonds. The number of alkyl halides is 1. The van der Waals surface area contributed by atoms with Crippen LogP contribution in [0.4, 0.5) is 0 Å². The van der Waals surface area contributed by atoms with Crippen LogP contribution in [-0.2, 0) is 6.54 Å². The minimum absolute atomic E-state index is 0.181. The first-order valence-electron chi connectivity index (χ1n) is 7.23. The van der Waals surface area contributed by atoms with E-state index in [4.69, 9.17) is 25.8 Å². The number of aromatic nitrogens is 2. The van der Waals surface area contributed by atoms with Gasteiger partial charge in [-0.15, -0.1) is 11.6 Å². The van der Waals surface area contributed by atoms with Crippen molar-refractivity contribution < 1.29 is 19.0 Å². The molecular formula is C17H19ClN2O4. The Morgan fingerprint density at radius 1 is 1.21 bits per heavy atom. The molecule has 0 N–H and O–H groups in total. The second-order valence-electron chi connectivity index (χ2n) is 4.84. The van der Waals surface area contributed by atoms with Gasteiger partial charge in [-0.3, -0.25) is 9.48 Å². The van der Waals surface area contributed by atoms with Crippen LogP contribution in [0.2, 0.25) is 0 Å². The quantitative estimate of drug-likeness (QED) is 0.416. The van der Waals surface area contributed by atoms with Gasteiger partial charge in [-0.2, -0.15) is 5.10 Å². The van der Waals surface area contributed by atoms with Gasteiger partial charge in [0.05, 0.1) is 34.1 Å². The zero-order chi connectivity index (χ0) is 17.5. The van der Waals surface area contributed by atoms with Crippen LogP contribution < -0.4 is 14.2 Å². The second-order valence-corrected chi connectivity index (χ2v) is 5.22. The van der Waals surface area contributed by atoms with Crippen molar-refractivity contribution in [1.29, 1.82) is 0 Å². The molecule has 1 aromatic carbocycles. The largest absolute Gasteiger partial charge is 0.493 e. The summed E-state index contributed by atoms with van der Waals surface area (Å²) in [7, 11) is 4.53. The third-order valence-electron chi connectivity index (χ3n) is 3.34. The van der Waals surface area contributed by atoms with Crippen molar-refractivity contribution in [3.63, 3.8) is 0 Å². The number of carbonyl (C=O) groups excluding carboxylic acids is 1. The third-order valence-corrected chi connectivity index (χ3v) is 3.51. The highest BCUT2D eigenvalue weighted by Gasteiger charge is 2.15. The summed E-state index contributed by atoms with van der Waals surface area (Å²) in [4.78, 5) is 12.4. The molecule has 0 bridgehead atoms. The fourth-order valence-corrected chi connectivity index (χ4v) is 2.34. The number of carbonyl (C=O) groups is 1. The van der Waals surface area contributed by atoms with Crippen LogP contribution in [0.1, 0.15) is 15.9 Å². The summed E-state index contributed by atoms with van der Waals surface area (Å²) in [5.41, 5.74) is 1.26. The number of halogens is 1. The molecule has 1 aromatic heterocycles. The van der Waals surface area contributed by atoms with Gasteiger partial charge < -0.3 is 14.2 Å². The number of benzene rings is 1. The molecule has 2 aromatic rings. The molecule has 0 aliphatic carbocycles. The van der Waals surface area contributed by atoms with Gasteiger partial charge in [-0.25, -0.2) is 0 Å². The van der Waals surface area contributed by atoms with Crippen molar-refractivity contribution in [3.05, 3.63) is 41.7 Å². The fraction of sp³-hybridized carbons (Fsp3) is 0.294. The first kappa shape index (κ1) is 17.9. The highest BCUT2D eigenvalue weighted by atomic mass is 35.5. The fourth-order valence-electron chi connectivity index (χ4n) is 2.17. The van der Waals surface area contributed by atoms with E-state index in [0.29, 0.717) is 35.2 Å². The number of aryl methyl sites for hydroxylation is 1. The van der Waals surface area contributed by atoms with Crippen LogP contribution in [0.5, 0.6) is 17.2 Å². The number of ketones is 1. The number of rotatable bonds is 8. The maximum atomic E-state index is 12.4. The molecule has 2 rings (SSSR count). The van der Waals surface area contributed by atoms with Crippen LogP contribution in [0.25, 0.3) is 6.08 Å². The maximum absolute atomic E-state index is 12.4. The molecule has 7 heteroatoms. The van der Waals surface area contributed by atoms with E-state index in [1.54, 1.807) is 29.1 Å². The molecule has 6 nitrogen and oxygen atoms in total. The van der Waals surface area contributed by atoms with Crippen LogP contribution in [-0.4, -0.2) is 42.8 Å². The average Bonchev–Trinajstić information content (AvgIpc) is 3.06. The van der Waals surface area contributed by atoms with Crippen LogP contribution >= 0.6 is 11.6 Å². The lowest BCUT2D eigenvalue weighted by Gasteiger charge is -2.13. The molecule has 0 unspecified atom stereocenters. The zero-order valence-electron chi connectivity index (χ0n) is 13.8. The topological polar surface area (TPSA) is 62.6 Å². The van der Waals surface area contributed by atoms with E-state index in [1.165, 1.54) is 27.4 Å². The van der Waals surface area contributed by atoms with Gasteiger partial charge in [0.2, 0.25) is 5.75 Å². The Bertz CT molecular complexity index is 715. The number of nitrogens with zero attached hydrogens (tertiary/aromatic N) is 2. The minimum Gasteiger partial charge on any atom is -0.493 e. The predicted molar refractivity (Wildman–Crippen MR) is 92.4 cm³/mol. The Kier molecular flexibility index (Phi) is 6.26. The number of hydrogen-bond acceptors (Lipinski definition) is 5. The lowest BCUT2D eigenvalue weighted by Crippen LogP contribution is -2.00. The van der Waals surface area contributed by atoms with E-state index in [0.717, 1.165) is 5.56 Å². The van der Waals surface area contributed by atoms with Crippen molar-refractivity contribution in [2.24, 2.45) is 0 Å². The van der Waals surface area contributed by atoms with Gasteiger partial charge in [-0.05, 0) is 24.3 Å². The van der Waals surface area contributed by atoms with E-state index in [9.17, 15) is 4.79 Å². The van der Waals surface area contributed by atoms with Crippen molar-refractivity contribution in [2.45, 2.75) is 6.54 Å². The van der Waals surface area contributed by atoms with Crippen molar-refractivity contribution >= 4 is 23.5 Å². The summed E-state index contributed by atoms with van der Waals surface area (Å²) >= 11 is 5.67. The van der Waals surface area contributed by atoms with Crippen LogP contribution in [0.15, 0.2) is 30.6 Å². The Morgan fingerprint density at radius 3 is 2.42 bits per heavy atom. The average molecular weight is 351 g/mol. The number of methoxy groups -OCH3 is 3. The summed E-state index contributed by atoms with van der Waals surface area (Å²) < 4.78 is 17.5. The summed E-state index contributed by atoms with van der Waals surface area (Å²) in [5, 5.41) is 4.15. The van der Waals surface area contributed by atoms with E-state index in [2.05, 4.69) is 5.10 Å². The molecule has 24 heavy (non-hydrogen) atoms. The van der Waals surface area contributed by atoms with Crippen molar-refractivity contribution in [2.75, 3.05) is 27.2 Å². The normalized spacial score (nSPS) is 10.8. The lowest BCUT2D eigenvalue weighted by atomic mass is 10.1. The molecule has 128 valence electrons. The molecular weight excluding hydrogens is 332 g/mol. The summed E-state index contributed by atoms with van der Waals surface area (Å²) in [6, 6.07) is 3.23. The van der Waals surface area contributed by atoms with Gasteiger partial charge in [0.25, 0.3) is 0 Å². The molecule has 0 saturated heterocycles. The molecule has 0 atom stereocenters. The molecule has 0 aliphatic rings. The third kappa shape index (κ3) is 4.08. The number of hydrogen-bond donors (Lipinski definition) is 0. The van der Waals surface area contributed by atoms with E-state index < -0.39 is 0 Å². The SMILES string of the molecule is COc1cc(C(=O)C=Cc2cnn(CCCl)c2)cc(OC)c1OC. The molecule has 0 radical (unpaired) electrons. The van der Waals surface area contributed by atoms with E-state index >= 15 is 0 Å². The Labute approximate surface area is 145 Å². The zero-order valence-corrected chi connectivity index (χ0v) is 14.5. The highest BCUT2D eigenvalue weighted by molar-refractivity contribution is 6.17. The molecule has 0 aliphatic heterocycles. The van der Waals surface area contributed by atoms with Crippen molar-refractivity contribution in [1.82, 2.24) is 9.78 Å². The standard InChI is InChI=1S/C17H19ClN2O4/c1-22-15-8-13(9-16(23-2)17(15)24-3)14(21)5-4-12-10-19-20(11-12)7-6-18/h4-5,8-11H,6-7H2,1-3H3. The summed E-state index contributed by atoms with van der Waals surface area (Å²) in [5.74, 6) is 1.61. The van der Waals surface area contributed by atoms with Crippen LogP contribution in [0, 0.1) is 0 Å². The predicted octanol–water partition coefficient (Wildman–Crippen LogP) is 3.04. The number of ether oxygens (including phenoxy) is 3. The summed E-state index contributed by atoms with van der Waals surface area (Å²) in [6.07, 6.45) is 6.67. The van der Waals surface area contributed by atoms with E-state index in [-0.39, 0.29) is 5.78 Å². The summed E-state index contributed by atoms with van der Waals surface area (Å²) in [6.45, 7) is 0.621. The molecule has 0 saturated carbocycles. The maximum Gasteiger partial charge on any atom is 0.203 e. The van der Waals surface area contributed by atoms with Gasteiger partial charge in [0, 0.05) is 23.2 Å². The second kappa shape index (κ2) is 8.40. The molecule has 1 heterocycles. The Morgan fingerprint density at radius 2 is 1.88 bits per heavy atom. The molecule has 0 spiro atoms. The first-order chi connectivity index (χ1) is 11.6. The Hall–Kier alpha value is -2.47. The van der Waals surface area contributed by atoms with Crippen LogP contribution in [0.3, 0.4) is 0 Å². The molecule has 0 fully saturated rings. The van der Waals surface area contributed by atoms with Gasteiger partial charge >= 0.3 is 0 Å². The Balaban J connectivity index is 2.23. The van der Waals surface area contributed by atoms with Crippen molar-refractivity contribution in [3.8, 4) is 17.2 Å². The van der Waals surface area contributed by atoms with Gasteiger partial charge in [-0.1, -0.05) is 0 Å². The monoisotopic (exact) mass is 350 g/mol. The first-order valence-corrected chi connectivity index (χ1v) is 7.77.